The number of halogens is 1. The van der Waals surface area contributed by atoms with Gasteiger partial charge in [0.25, 0.3) is 0 Å². The lowest BCUT2D eigenvalue weighted by molar-refractivity contribution is -0.875. The maximum absolute atomic E-state index is 12.8. The van der Waals surface area contributed by atoms with E-state index in [2.05, 4.69) is 0 Å². The van der Waals surface area contributed by atoms with Gasteiger partial charge in [0.05, 0.1) is 17.3 Å². The van der Waals surface area contributed by atoms with Gasteiger partial charge in [-0.2, -0.15) is 14.7 Å². The van der Waals surface area contributed by atoms with E-state index in [0.717, 1.165) is 0 Å². The van der Waals surface area contributed by atoms with Gasteiger partial charge < -0.3 is 23.3 Å². The summed E-state index contributed by atoms with van der Waals surface area (Å²) in [4.78, 5) is 10.9. The Bertz CT molecular complexity index is 1040. The number of quaternary nitrogens is 1. The maximum atomic E-state index is 12.8. The number of pyridine rings is 1. The first-order chi connectivity index (χ1) is 13.1. The van der Waals surface area contributed by atoms with Gasteiger partial charge in [-0.3, -0.25) is 10.1 Å². The Balaban J connectivity index is 0.00000225. The number of nitrogens with one attached hydrogen (secondary N) is 1. The monoisotopic (exact) mass is 397 g/mol. The van der Waals surface area contributed by atoms with E-state index in [1.165, 1.54) is 11.1 Å². The van der Waals surface area contributed by atoms with Crippen LogP contribution in [-0.4, -0.2) is 4.92 Å². The van der Waals surface area contributed by atoms with E-state index in [0.29, 0.717) is 28.3 Å². The average molecular weight is 398 g/mol. The number of nitrogen functional groups attached to an aromatic ring is 1. The largest absolute Gasteiger partial charge is 1.00 e. The fraction of sp³-hybridized carbons (Fsp3) is 0. The highest BCUT2D eigenvalue weighted by Gasteiger charge is 2.37. The van der Waals surface area contributed by atoms with E-state index >= 15 is 0 Å². The Kier molecular flexibility index (Phi) is 5.27. The van der Waals surface area contributed by atoms with E-state index in [4.69, 9.17) is 5.73 Å². The molecular formula is C19H16ClN5O3. The molecule has 0 fully saturated rings. The number of fused-ring (bicyclic) bond motifs is 1. The molecule has 28 heavy (non-hydrogen) atoms. The number of nitro groups is 1. The predicted octanol–water partition coefficient (Wildman–Crippen LogP) is -1.43. The minimum Gasteiger partial charge on any atom is -1.00 e. The summed E-state index contributed by atoms with van der Waals surface area (Å²) in [6.45, 7) is 0. The van der Waals surface area contributed by atoms with Gasteiger partial charge in [0.2, 0.25) is 5.69 Å². The second kappa shape index (κ2) is 7.65. The lowest BCUT2D eigenvalue weighted by Crippen LogP contribution is -3.13. The molecule has 0 spiro atoms. The SMILES string of the molecule is Nc1cc[n+](-c2cccc3c2C=C([N+](=O)[O-])[NH+]([O-])N3c2ccccc2)cc1.[Cl-]. The average Bonchev–Trinajstić information content (AvgIpc) is 2.68. The Morgan fingerprint density at radius 2 is 1.68 bits per heavy atom. The summed E-state index contributed by atoms with van der Waals surface area (Å²) >= 11 is 0. The normalized spacial score (nSPS) is 15.2. The van der Waals surface area contributed by atoms with E-state index in [1.807, 2.05) is 22.8 Å². The summed E-state index contributed by atoms with van der Waals surface area (Å²) in [5.41, 5.74) is 8.80. The molecule has 0 radical (unpaired) electrons. The van der Waals surface area contributed by atoms with Crippen LogP contribution in [0.4, 0.5) is 17.1 Å². The first-order valence-corrected chi connectivity index (χ1v) is 8.22. The van der Waals surface area contributed by atoms with Crippen molar-refractivity contribution in [1.82, 2.24) is 0 Å². The topological polar surface area (TPSA) is 104 Å². The first-order valence-electron chi connectivity index (χ1n) is 8.22. The molecule has 1 aliphatic rings. The van der Waals surface area contributed by atoms with Crippen LogP contribution in [-0.2, 0) is 0 Å². The molecule has 4 rings (SSSR count). The Morgan fingerprint density at radius 3 is 2.32 bits per heavy atom. The van der Waals surface area contributed by atoms with E-state index in [1.54, 1.807) is 54.9 Å². The van der Waals surface area contributed by atoms with Crippen LogP contribution in [0.5, 0.6) is 0 Å². The number of hydrogen-bond donors (Lipinski definition) is 2. The van der Waals surface area contributed by atoms with Crippen LogP contribution in [0.25, 0.3) is 11.8 Å². The molecule has 0 bridgehead atoms. The maximum Gasteiger partial charge on any atom is 0.451 e. The zero-order valence-corrected chi connectivity index (χ0v) is 15.3. The predicted molar refractivity (Wildman–Crippen MR) is 100 cm³/mol. The van der Waals surface area contributed by atoms with Crippen molar-refractivity contribution in [3.63, 3.8) is 0 Å². The minimum absolute atomic E-state index is 0. The van der Waals surface area contributed by atoms with Crippen molar-refractivity contribution in [3.8, 4) is 5.69 Å². The van der Waals surface area contributed by atoms with Crippen LogP contribution < -0.4 is 32.9 Å². The van der Waals surface area contributed by atoms with Crippen LogP contribution in [0.3, 0.4) is 0 Å². The van der Waals surface area contributed by atoms with Gasteiger partial charge in [0.1, 0.15) is 10.6 Å². The number of nitrogens with two attached hydrogens (primary N) is 1. The quantitative estimate of drug-likeness (QED) is 0.244. The van der Waals surface area contributed by atoms with Crippen molar-refractivity contribution in [1.29, 1.82) is 0 Å². The third-order valence-corrected chi connectivity index (χ3v) is 4.35. The molecule has 1 aliphatic heterocycles. The van der Waals surface area contributed by atoms with Crippen LogP contribution >= 0.6 is 0 Å². The molecule has 8 nitrogen and oxygen atoms in total. The molecular weight excluding hydrogens is 382 g/mol. The van der Waals surface area contributed by atoms with Crippen molar-refractivity contribution in [2.75, 3.05) is 10.7 Å². The molecule has 1 aromatic heterocycles. The number of hydroxylamine groups is 1. The number of hydrogen-bond acceptors (Lipinski definition) is 5. The lowest BCUT2D eigenvalue weighted by atomic mass is 10.1. The number of para-hydroxylation sites is 1. The summed E-state index contributed by atoms with van der Waals surface area (Å²) in [5, 5.41) is 25.0. The summed E-state index contributed by atoms with van der Waals surface area (Å²) in [6.07, 6.45) is 4.87. The van der Waals surface area contributed by atoms with E-state index < -0.39 is 15.9 Å². The summed E-state index contributed by atoms with van der Waals surface area (Å²) in [6, 6.07) is 17.8. The number of rotatable bonds is 3. The molecule has 0 amide bonds. The minimum atomic E-state index is -0.668. The molecule has 3 aromatic rings. The highest BCUT2D eigenvalue weighted by molar-refractivity contribution is 5.78. The van der Waals surface area contributed by atoms with Gasteiger partial charge in [-0.1, -0.05) is 24.3 Å². The van der Waals surface area contributed by atoms with Gasteiger partial charge in [-0.15, -0.1) is 0 Å². The summed E-state index contributed by atoms with van der Waals surface area (Å²) < 4.78 is 1.81. The van der Waals surface area contributed by atoms with E-state index in [-0.39, 0.29) is 12.4 Å². The van der Waals surface area contributed by atoms with E-state index in [9.17, 15) is 15.3 Å². The highest BCUT2D eigenvalue weighted by Crippen LogP contribution is 2.32. The number of benzene rings is 2. The fourth-order valence-electron chi connectivity index (χ4n) is 3.09. The van der Waals surface area contributed by atoms with Crippen LogP contribution in [0.1, 0.15) is 5.56 Å². The summed E-state index contributed by atoms with van der Waals surface area (Å²) in [7, 11) is 0. The van der Waals surface area contributed by atoms with Crippen molar-refractivity contribution < 1.29 is 27.1 Å². The number of nitrogens with zero attached hydrogens (tertiary/aromatic N) is 3. The number of aromatic nitrogens is 1. The van der Waals surface area contributed by atoms with Crippen LogP contribution in [0.2, 0.25) is 0 Å². The molecule has 2 heterocycles. The molecule has 3 N–H and O–H groups in total. The molecule has 9 heteroatoms. The smallest absolute Gasteiger partial charge is 0.451 e. The molecule has 1 unspecified atom stereocenters. The third kappa shape index (κ3) is 3.27. The van der Waals surface area contributed by atoms with Crippen LogP contribution in [0.15, 0.2) is 78.9 Å². The highest BCUT2D eigenvalue weighted by atomic mass is 35.5. The molecule has 0 saturated carbocycles. The van der Waals surface area contributed by atoms with Crippen molar-refractivity contribution in [3.05, 3.63) is 99.8 Å². The second-order valence-electron chi connectivity index (χ2n) is 6.01. The van der Waals surface area contributed by atoms with Crippen molar-refractivity contribution in [2.24, 2.45) is 0 Å². The fourth-order valence-corrected chi connectivity index (χ4v) is 3.09. The number of anilines is 3. The van der Waals surface area contributed by atoms with Crippen molar-refractivity contribution in [2.45, 2.75) is 0 Å². The van der Waals surface area contributed by atoms with Gasteiger partial charge in [-0.05, 0) is 18.2 Å². The van der Waals surface area contributed by atoms with Crippen molar-refractivity contribution >= 4 is 23.1 Å². The van der Waals surface area contributed by atoms with Gasteiger partial charge in [-0.25, -0.2) is 0 Å². The van der Waals surface area contributed by atoms with Gasteiger partial charge >= 0.3 is 5.82 Å². The third-order valence-electron chi connectivity index (χ3n) is 4.35. The zero-order valence-electron chi connectivity index (χ0n) is 14.5. The van der Waals surface area contributed by atoms with Gasteiger partial charge in [0.15, 0.2) is 12.4 Å². The Labute approximate surface area is 166 Å². The van der Waals surface area contributed by atoms with Crippen LogP contribution in [0, 0.1) is 15.3 Å². The molecule has 142 valence electrons. The molecule has 2 aromatic carbocycles. The molecule has 1 atom stereocenters. The zero-order chi connectivity index (χ0) is 19.0. The lowest BCUT2D eigenvalue weighted by Gasteiger charge is -2.35. The first kappa shape index (κ1) is 19.3. The van der Waals surface area contributed by atoms with Gasteiger partial charge in [0, 0.05) is 23.9 Å². The summed E-state index contributed by atoms with van der Waals surface area (Å²) in [5.74, 6) is -0.477. The molecule has 0 aliphatic carbocycles. The standard InChI is InChI=1S/C19H15N5O3.ClH/c20-14-9-11-21(12-10-14)17-7-4-8-18-16(17)13-19(24(26)27)23(25)22(18)15-5-2-1-3-6-15;/h1-13,20,23H;1H. The molecule has 0 saturated heterocycles. The second-order valence-corrected chi connectivity index (χ2v) is 6.01. The Hall–Kier alpha value is -3.46. The Morgan fingerprint density at radius 1 is 1.00 bits per heavy atom.